The number of carboxylic acid groups (broad SMARTS) is 1. The zero-order valence-electron chi connectivity index (χ0n) is 9.97. The zero-order chi connectivity index (χ0) is 13.3. The maximum Gasteiger partial charge on any atom is 0.329 e. The van der Waals surface area contributed by atoms with Crippen molar-refractivity contribution in [2.24, 2.45) is 0 Å². The topological polar surface area (TPSA) is 92.5 Å². The quantitative estimate of drug-likeness (QED) is 0.632. The molecule has 0 bridgehead atoms. The third-order valence-corrected chi connectivity index (χ3v) is 3.39. The number of nitrogens with zero attached hydrogens (tertiary/aromatic N) is 1. The summed E-state index contributed by atoms with van der Waals surface area (Å²) >= 11 is 0. The highest BCUT2D eigenvalue weighted by atomic mass is 16.6. The van der Waals surface area contributed by atoms with Crippen molar-refractivity contribution in [3.63, 3.8) is 0 Å². The summed E-state index contributed by atoms with van der Waals surface area (Å²) in [6.45, 7) is 1.64. The van der Waals surface area contributed by atoms with Crippen molar-refractivity contribution in [1.82, 2.24) is 0 Å². The molecule has 96 valence electrons. The predicted molar refractivity (Wildman–Crippen MR) is 65.7 cm³/mol. The van der Waals surface area contributed by atoms with Crippen LogP contribution < -0.4 is 5.32 Å². The molecule has 6 heteroatoms. The second-order valence-electron chi connectivity index (χ2n) is 4.62. The lowest BCUT2D eigenvalue weighted by Crippen LogP contribution is -2.52. The molecule has 0 atom stereocenters. The van der Waals surface area contributed by atoms with Gasteiger partial charge in [0.1, 0.15) is 5.54 Å². The molecule has 1 aromatic carbocycles. The molecule has 1 saturated carbocycles. The number of aryl methyl sites for hydroxylation is 1. The second-order valence-corrected chi connectivity index (χ2v) is 4.62. The second kappa shape index (κ2) is 4.29. The largest absolute Gasteiger partial charge is 0.480 e. The van der Waals surface area contributed by atoms with Gasteiger partial charge in [0, 0.05) is 17.3 Å². The van der Waals surface area contributed by atoms with Crippen LogP contribution in [-0.2, 0) is 4.79 Å². The van der Waals surface area contributed by atoms with E-state index < -0.39 is 16.4 Å². The van der Waals surface area contributed by atoms with E-state index in [0.29, 0.717) is 24.1 Å². The molecule has 2 rings (SSSR count). The van der Waals surface area contributed by atoms with Crippen LogP contribution >= 0.6 is 0 Å². The van der Waals surface area contributed by atoms with E-state index in [1.165, 1.54) is 6.07 Å². The molecular weight excluding hydrogens is 236 g/mol. The summed E-state index contributed by atoms with van der Waals surface area (Å²) < 4.78 is 0. The van der Waals surface area contributed by atoms with Crippen molar-refractivity contribution in [3.8, 4) is 0 Å². The van der Waals surface area contributed by atoms with Gasteiger partial charge in [-0.3, -0.25) is 10.1 Å². The third kappa shape index (κ3) is 2.01. The van der Waals surface area contributed by atoms with E-state index in [2.05, 4.69) is 5.32 Å². The summed E-state index contributed by atoms with van der Waals surface area (Å²) in [4.78, 5) is 21.4. The first kappa shape index (κ1) is 12.3. The highest BCUT2D eigenvalue weighted by Crippen LogP contribution is 2.36. The molecular formula is C12H14N2O4. The van der Waals surface area contributed by atoms with Crippen LogP contribution in [0, 0.1) is 17.0 Å². The number of anilines is 1. The molecule has 0 spiro atoms. The molecule has 0 heterocycles. The van der Waals surface area contributed by atoms with E-state index >= 15 is 0 Å². The van der Waals surface area contributed by atoms with Crippen LogP contribution in [0.3, 0.4) is 0 Å². The summed E-state index contributed by atoms with van der Waals surface area (Å²) in [7, 11) is 0. The highest BCUT2D eigenvalue weighted by Gasteiger charge is 2.44. The number of hydrogen-bond donors (Lipinski definition) is 2. The fourth-order valence-electron chi connectivity index (χ4n) is 2.14. The van der Waals surface area contributed by atoms with Gasteiger partial charge in [0.05, 0.1) is 4.92 Å². The lowest BCUT2D eigenvalue weighted by atomic mass is 9.76. The van der Waals surface area contributed by atoms with Crippen molar-refractivity contribution in [2.75, 3.05) is 5.32 Å². The Morgan fingerprint density at radius 2 is 2.17 bits per heavy atom. The van der Waals surface area contributed by atoms with E-state index in [1.54, 1.807) is 19.1 Å². The number of carbonyl (C=O) groups is 1. The smallest absolute Gasteiger partial charge is 0.329 e. The number of aliphatic carboxylic acids is 1. The maximum atomic E-state index is 11.2. The van der Waals surface area contributed by atoms with E-state index in [4.69, 9.17) is 0 Å². The summed E-state index contributed by atoms with van der Waals surface area (Å²) in [5, 5.41) is 22.8. The zero-order valence-corrected chi connectivity index (χ0v) is 9.97. The fraction of sp³-hybridized carbons (Fsp3) is 0.417. The van der Waals surface area contributed by atoms with Crippen LogP contribution in [0.15, 0.2) is 18.2 Å². The average Bonchev–Trinajstić information content (AvgIpc) is 2.22. The molecule has 1 aliphatic rings. The van der Waals surface area contributed by atoms with Gasteiger partial charge in [-0.05, 0) is 38.3 Å². The molecule has 0 amide bonds. The van der Waals surface area contributed by atoms with Gasteiger partial charge in [0.15, 0.2) is 0 Å². The van der Waals surface area contributed by atoms with Crippen LogP contribution in [0.25, 0.3) is 0 Å². The normalized spacial score (nSPS) is 16.7. The van der Waals surface area contributed by atoms with Gasteiger partial charge in [-0.2, -0.15) is 0 Å². The number of benzene rings is 1. The van der Waals surface area contributed by atoms with Crippen molar-refractivity contribution in [3.05, 3.63) is 33.9 Å². The summed E-state index contributed by atoms with van der Waals surface area (Å²) in [6, 6.07) is 4.56. The third-order valence-electron chi connectivity index (χ3n) is 3.39. The molecule has 2 N–H and O–H groups in total. The van der Waals surface area contributed by atoms with Crippen LogP contribution in [-0.4, -0.2) is 21.5 Å². The number of nitrogens with one attached hydrogen (secondary N) is 1. The Kier molecular flexibility index (Phi) is 2.94. The minimum absolute atomic E-state index is 0.0403. The lowest BCUT2D eigenvalue weighted by Gasteiger charge is -2.39. The minimum atomic E-state index is -0.900. The minimum Gasteiger partial charge on any atom is -0.480 e. The average molecular weight is 250 g/mol. The molecule has 0 aromatic heterocycles. The van der Waals surface area contributed by atoms with E-state index in [1.807, 2.05) is 0 Å². The standard InChI is InChI=1S/C12H14N2O4/c1-8-7-9(3-4-10(8)14(17)18)13-12(11(15)16)5-2-6-12/h3-4,7,13H,2,5-6H2,1H3,(H,15,16). The van der Waals surface area contributed by atoms with Gasteiger partial charge in [-0.15, -0.1) is 0 Å². The van der Waals surface area contributed by atoms with Gasteiger partial charge in [0.25, 0.3) is 5.69 Å². The Labute approximate surface area is 104 Å². The number of nitro groups is 1. The lowest BCUT2D eigenvalue weighted by molar-refractivity contribution is -0.385. The van der Waals surface area contributed by atoms with Gasteiger partial charge in [0.2, 0.25) is 0 Å². The molecule has 6 nitrogen and oxygen atoms in total. The van der Waals surface area contributed by atoms with Gasteiger partial charge in [-0.25, -0.2) is 4.79 Å². The first-order valence-corrected chi connectivity index (χ1v) is 5.71. The molecule has 0 radical (unpaired) electrons. The fourth-order valence-corrected chi connectivity index (χ4v) is 2.14. The Balaban J connectivity index is 2.23. The van der Waals surface area contributed by atoms with Crippen LogP contribution in [0.2, 0.25) is 0 Å². The first-order chi connectivity index (χ1) is 8.44. The summed E-state index contributed by atoms with van der Waals surface area (Å²) in [5.41, 5.74) is 0.270. The van der Waals surface area contributed by atoms with Crippen LogP contribution in [0.1, 0.15) is 24.8 Å². The number of nitro benzene ring substituents is 1. The van der Waals surface area contributed by atoms with Crippen molar-refractivity contribution < 1.29 is 14.8 Å². The Bertz CT molecular complexity index is 509. The van der Waals surface area contributed by atoms with Crippen molar-refractivity contribution in [2.45, 2.75) is 31.7 Å². The van der Waals surface area contributed by atoms with Crippen LogP contribution in [0.5, 0.6) is 0 Å². The molecule has 1 aromatic rings. The maximum absolute atomic E-state index is 11.2. The van der Waals surface area contributed by atoms with Gasteiger partial charge in [-0.1, -0.05) is 0 Å². The molecule has 0 saturated heterocycles. The van der Waals surface area contributed by atoms with E-state index in [-0.39, 0.29) is 5.69 Å². The molecule has 18 heavy (non-hydrogen) atoms. The Hall–Kier alpha value is -2.11. The molecule has 0 aliphatic heterocycles. The van der Waals surface area contributed by atoms with Crippen LogP contribution in [0.4, 0.5) is 11.4 Å². The highest BCUT2D eigenvalue weighted by molar-refractivity contribution is 5.84. The Morgan fingerprint density at radius 1 is 1.50 bits per heavy atom. The monoisotopic (exact) mass is 250 g/mol. The van der Waals surface area contributed by atoms with E-state index in [9.17, 15) is 20.0 Å². The Morgan fingerprint density at radius 3 is 2.56 bits per heavy atom. The van der Waals surface area contributed by atoms with E-state index in [0.717, 1.165) is 6.42 Å². The van der Waals surface area contributed by atoms with Gasteiger partial charge < -0.3 is 10.4 Å². The molecule has 1 fully saturated rings. The SMILES string of the molecule is Cc1cc(NC2(C(=O)O)CCC2)ccc1[N+](=O)[O-]. The first-order valence-electron chi connectivity index (χ1n) is 5.71. The van der Waals surface area contributed by atoms with Crippen molar-refractivity contribution in [1.29, 1.82) is 0 Å². The summed E-state index contributed by atoms with van der Waals surface area (Å²) in [6.07, 6.45) is 2.04. The molecule has 0 unspecified atom stereocenters. The molecule has 1 aliphatic carbocycles. The van der Waals surface area contributed by atoms with Gasteiger partial charge >= 0.3 is 5.97 Å². The summed E-state index contributed by atoms with van der Waals surface area (Å²) in [5.74, 6) is -0.871. The number of hydrogen-bond acceptors (Lipinski definition) is 4. The van der Waals surface area contributed by atoms with Crippen molar-refractivity contribution >= 4 is 17.3 Å². The number of rotatable bonds is 4. The number of carboxylic acids is 1. The predicted octanol–water partition coefficient (Wildman–Crippen LogP) is 2.32.